The van der Waals surface area contributed by atoms with Crippen LogP contribution in [0.1, 0.15) is 32.3 Å². The van der Waals surface area contributed by atoms with Crippen LogP contribution in [-0.4, -0.2) is 33.7 Å². The lowest BCUT2D eigenvalue weighted by Gasteiger charge is -2.33. The summed E-state index contributed by atoms with van der Waals surface area (Å²) in [4.78, 5) is 0.284. The molecule has 1 aromatic carbocycles. The minimum absolute atomic E-state index is 0.218. The van der Waals surface area contributed by atoms with Crippen LogP contribution >= 0.6 is 0 Å². The lowest BCUT2D eigenvalue weighted by molar-refractivity contribution is -0.0337. The fraction of sp³-hybridized carbons (Fsp3) is 0.600. The van der Waals surface area contributed by atoms with Crippen LogP contribution in [0, 0.1) is 6.92 Å². The Labute approximate surface area is 127 Å². The van der Waals surface area contributed by atoms with Crippen molar-refractivity contribution in [3.05, 3.63) is 23.8 Å². The zero-order chi connectivity index (χ0) is 15.6. The smallest absolute Gasteiger partial charge is 0.240 e. The number of benzene rings is 1. The molecular formula is C15H24N2O3S. The van der Waals surface area contributed by atoms with Gasteiger partial charge in [-0.1, -0.05) is 6.07 Å². The normalized spacial score (nSPS) is 26.6. The van der Waals surface area contributed by atoms with Crippen LogP contribution in [0.2, 0.25) is 0 Å². The summed E-state index contributed by atoms with van der Waals surface area (Å²) in [6.07, 6.45) is 2.28. The van der Waals surface area contributed by atoms with E-state index in [0.29, 0.717) is 6.04 Å². The van der Waals surface area contributed by atoms with Crippen molar-refractivity contribution in [3.63, 3.8) is 0 Å². The van der Waals surface area contributed by atoms with Gasteiger partial charge in [-0.15, -0.1) is 0 Å². The highest BCUT2D eigenvalue weighted by molar-refractivity contribution is 7.89. The van der Waals surface area contributed by atoms with Gasteiger partial charge in [-0.3, -0.25) is 0 Å². The lowest BCUT2D eigenvalue weighted by Crippen LogP contribution is -2.37. The molecule has 2 atom stereocenters. The number of rotatable bonds is 4. The molecule has 21 heavy (non-hydrogen) atoms. The van der Waals surface area contributed by atoms with Gasteiger partial charge in [0.25, 0.3) is 0 Å². The summed E-state index contributed by atoms with van der Waals surface area (Å²) in [5.74, 6) is 0. The maximum atomic E-state index is 11.9. The molecule has 2 unspecified atom stereocenters. The van der Waals surface area contributed by atoms with Gasteiger partial charge in [0.05, 0.1) is 17.1 Å². The van der Waals surface area contributed by atoms with Gasteiger partial charge in [0.15, 0.2) is 0 Å². The number of anilines is 1. The summed E-state index contributed by atoms with van der Waals surface area (Å²) in [6, 6.07) is 5.46. The van der Waals surface area contributed by atoms with Gasteiger partial charge in [0.1, 0.15) is 0 Å². The third-order valence-corrected chi connectivity index (χ3v) is 5.26. The van der Waals surface area contributed by atoms with Gasteiger partial charge in [-0.2, -0.15) is 0 Å². The molecule has 2 rings (SSSR count). The Bertz CT molecular complexity index is 591. The van der Waals surface area contributed by atoms with Gasteiger partial charge in [0, 0.05) is 11.7 Å². The van der Waals surface area contributed by atoms with E-state index in [1.807, 2.05) is 13.0 Å². The van der Waals surface area contributed by atoms with Crippen molar-refractivity contribution in [2.45, 2.75) is 56.8 Å². The van der Waals surface area contributed by atoms with Crippen molar-refractivity contribution in [1.82, 2.24) is 4.72 Å². The van der Waals surface area contributed by atoms with E-state index in [1.54, 1.807) is 12.1 Å². The molecule has 1 heterocycles. The van der Waals surface area contributed by atoms with E-state index in [2.05, 4.69) is 23.9 Å². The van der Waals surface area contributed by atoms with Crippen molar-refractivity contribution >= 4 is 15.7 Å². The predicted molar refractivity (Wildman–Crippen MR) is 84.1 cm³/mol. The second-order valence-electron chi connectivity index (χ2n) is 5.75. The Morgan fingerprint density at radius 1 is 1.19 bits per heavy atom. The summed E-state index contributed by atoms with van der Waals surface area (Å²) in [7, 11) is -1.99. The minimum atomic E-state index is -3.41. The SMILES string of the molecule is CNS(=O)(=O)c1ccc(C)c(NC2CC(C)OC(C)C2)c1. The standard InChI is InChI=1S/C15H24N2O3S/c1-10-5-6-14(21(18,19)16-4)9-15(10)17-13-7-11(2)20-12(3)8-13/h5-6,9,11-13,16-17H,7-8H2,1-4H3. The molecule has 6 heteroatoms. The predicted octanol–water partition coefficient (Wildman–Crippen LogP) is 2.27. The van der Waals surface area contributed by atoms with E-state index < -0.39 is 10.0 Å². The highest BCUT2D eigenvalue weighted by Gasteiger charge is 2.25. The average molecular weight is 312 g/mol. The Balaban J connectivity index is 2.21. The van der Waals surface area contributed by atoms with Crippen molar-refractivity contribution < 1.29 is 13.2 Å². The quantitative estimate of drug-likeness (QED) is 0.895. The molecule has 118 valence electrons. The van der Waals surface area contributed by atoms with Crippen LogP contribution in [0.3, 0.4) is 0 Å². The fourth-order valence-corrected chi connectivity index (χ4v) is 3.54. The second-order valence-corrected chi connectivity index (χ2v) is 7.64. The molecule has 0 radical (unpaired) electrons. The molecule has 0 aliphatic carbocycles. The minimum Gasteiger partial charge on any atom is -0.382 e. The second kappa shape index (κ2) is 6.34. The van der Waals surface area contributed by atoms with Crippen molar-refractivity contribution in [2.75, 3.05) is 12.4 Å². The largest absolute Gasteiger partial charge is 0.382 e. The van der Waals surface area contributed by atoms with E-state index in [4.69, 9.17) is 4.74 Å². The third-order valence-electron chi connectivity index (χ3n) is 3.85. The number of hydrogen-bond acceptors (Lipinski definition) is 4. The molecule has 1 aromatic rings. The number of sulfonamides is 1. The van der Waals surface area contributed by atoms with Gasteiger partial charge >= 0.3 is 0 Å². The Morgan fingerprint density at radius 3 is 2.38 bits per heavy atom. The summed E-state index contributed by atoms with van der Waals surface area (Å²) >= 11 is 0. The van der Waals surface area contributed by atoms with Crippen LogP contribution in [0.4, 0.5) is 5.69 Å². The van der Waals surface area contributed by atoms with Crippen molar-refractivity contribution in [1.29, 1.82) is 0 Å². The maximum Gasteiger partial charge on any atom is 0.240 e. The highest BCUT2D eigenvalue weighted by Crippen LogP contribution is 2.26. The van der Waals surface area contributed by atoms with Gasteiger partial charge in [0.2, 0.25) is 10.0 Å². The average Bonchev–Trinajstić information content (AvgIpc) is 2.40. The Morgan fingerprint density at radius 2 is 1.81 bits per heavy atom. The van der Waals surface area contributed by atoms with Gasteiger partial charge in [-0.25, -0.2) is 13.1 Å². The van der Waals surface area contributed by atoms with Crippen LogP contribution < -0.4 is 10.0 Å². The Kier molecular flexibility index (Phi) is 4.91. The van der Waals surface area contributed by atoms with Crippen LogP contribution in [0.5, 0.6) is 0 Å². The van der Waals surface area contributed by atoms with E-state index in [9.17, 15) is 8.42 Å². The molecular weight excluding hydrogens is 288 g/mol. The first-order valence-corrected chi connectivity index (χ1v) is 8.76. The van der Waals surface area contributed by atoms with Crippen molar-refractivity contribution in [2.24, 2.45) is 0 Å². The fourth-order valence-electron chi connectivity index (χ4n) is 2.78. The zero-order valence-corrected chi connectivity index (χ0v) is 13.8. The molecule has 0 bridgehead atoms. The number of nitrogens with one attached hydrogen (secondary N) is 2. The van der Waals surface area contributed by atoms with E-state index in [0.717, 1.165) is 24.1 Å². The lowest BCUT2D eigenvalue weighted by atomic mass is 9.99. The zero-order valence-electron chi connectivity index (χ0n) is 13.0. The van der Waals surface area contributed by atoms with Gasteiger partial charge < -0.3 is 10.1 Å². The van der Waals surface area contributed by atoms with E-state index >= 15 is 0 Å². The molecule has 0 aromatic heterocycles. The first-order chi connectivity index (χ1) is 9.81. The number of aryl methyl sites for hydroxylation is 1. The molecule has 2 N–H and O–H groups in total. The molecule has 0 spiro atoms. The highest BCUT2D eigenvalue weighted by atomic mass is 32.2. The Hall–Kier alpha value is -1.11. The molecule has 1 aliphatic heterocycles. The first-order valence-electron chi connectivity index (χ1n) is 7.28. The topological polar surface area (TPSA) is 67.4 Å². The summed E-state index contributed by atoms with van der Waals surface area (Å²) in [5, 5.41) is 3.47. The molecule has 0 saturated carbocycles. The maximum absolute atomic E-state index is 11.9. The van der Waals surface area contributed by atoms with Crippen molar-refractivity contribution in [3.8, 4) is 0 Å². The van der Waals surface area contributed by atoms with Crippen LogP contribution in [0.25, 0.3) is 0 Å². The first kappa shape index (κ1) is 16.3. The number of hydrogen-bond donors (Lipinski definition) is 2. The van der Waals surface area contributed by atoms with E-state index in [1.165, 1.54) is 7.05 Å². The molecule has 5 nitrogen and oxygen atoms in total. The van der Waals surface area contributed by atoms with Crippen LogP contribution in [-0.2, 0) is 14.8 Å². The van der Waals surface area contributed by atoms with Gasteiger partial charge in [-0.05, 0) is 58.4 Å². The summed E-state index contributed by atoms with van der Waals surface area (Å²) in [6.45, 7) is 6.11. The van der Waals surface area contributed by atoms with E-state index in [-0.39, 0.29) is 17.1 Å². The molecule has 1 fully saturated rings. The molecule has 0 amide bonds. The third kappa shape index (κ3) is 3.96. The molecule has 1 saturated heterocycles. The molecule has 1 aliphatic rings. The monoisotopic (exact) mass is 312 g/mol. The van der Waals surface area contributed by atoms with Crippen LogP contribution in [0.15, 0.2) is 23.1 Å². The summed E-state index contributed by atoms with van der Waals surface area (Å²) in [5.41, 5.74) is 1.91. The summed E-state index contributed by atoms with van der Waals surface area (Å²) < 4.78 is 31.9. The number of ether oxygens (including phenoxy) is 1.